The Morgan fingerprint density at radius 2 is 1.88 bits per heavy atom. The number of rotatable bonds is 1. The Hall–Kier alpha value is -1.32. The largest absolute Gasteiger partial charge is 0.201 e. The summed E-state index contributed by atoms with van der Waals surface area (Å²) in [6.45, 7) is 0. The molecular weight excluding hydrogens is 234 g/mol. The Kier molecular flexibility index (Phi) is 2.42. The van der Waals surface area contributed by atoms with E-state index in [0.717, 1.165) is 4.90 Å². The molecule has 3 aromatic rings. The van der Waals surface area contributed by atoms with Crippen LogP contribution in [0.1, 0.15) is 0 Å². The van der Waals surface area contributed by atoms with E-state index in [1.807, 2.05) is 18.3 Å². The lowest BCUT2D eigenvalue weighted by Crippen LogP contribution is -1.80. The van der Waals surface area contributed by atoms with Crippen LogP contribution in [0.3, 0.4) is 0 Å². The van der Waals surface area contributed by atoms with Crippen molar-refractivity contribution >= 4 is 34.9 Å². The smallest absolute Gasteiger partial charge is 0.0567 e. The summed E-state index contributed by atoms with van der Waals surface area (Å²) in [6.07, 6.45) is 1.83. The van der Waals surface area contributed by atoms with Crippen molar-refractivity contribution in [3.8, 4) is 10.4 Å². The lowest BCUT2D eigenvalue weighted by atomic mass is 10.0. The van der Waals surface area contributed by atoms with Crippen molar-refractivity contribution in [2.24, 2.45) is 0 Å². The standard InChI is InChI=1S/C13H9NS2/c15-11-6-5-9-3-1-2-4-10(9)13(11)12-7-8-14-16-12/h1-8,15H. The van der Waals surface area contributed by atoms with E-state index in [9.17, 15) is 0 Å². The van der Waals surface area contributed by atoms with Crippen molar-refractivity contribution in [3.05, 3.63) is 48.7 Å². The Bertz CT molecular complexity index is 629. The molecule has 0 spiro atoms. The van der Waals surface area contributed by atoms with Gasteiger partial charge in [-0.3, -0.25) is 0 Å². The average molecular weight is 243 g/mol. The molecular formula is C13H9NS2. The molecule has 1 heterocycles. The fraction of sp³-hybridized carbons (Fsp3) is 0. The fourth-order valence-corrected chi connectivity index (χ4v) is 2.92. The zero-order valence-electron chi connectivity index (χ0n) is 8.42. The third-order valence-corrected chi connectivity index (χ3v) is 3.73. The average Bonchev–Trinajstić information content (AvgIpc) is 2.82. The predicted molar refractivity (Wildman–Crippen MR) is 72.3 cm³/mol. The third kappa shape index (κ3) is 1.52. The number of benzene rings is 2. The van der Waals surface area contributed by atoms with Crippen LogP contribution in [-0.4, -0.2) is 4.37 Å². The summed E-state index contributed by atoms with van der Waals surface area (Å²) in [6, 6.07) is 14.5. The van der Waals surface area contributed by atoms with E-state index in [1.54, 1.807) is 0 Å². The highest BCUT2D eigenvalue weighted by atomic mass is 32.1. The zero-order valence-corrected chi connectivity index (χ0v) is 10.1. The molecule has 0 atom stereocenters. The molecule has 0 amide bonds. The lowest BCUT2D eigenvalue weighted by molar-refractivity contribution is 1.52. The van der Waals surface area contributed by atoms with Gasteiger partial charge >= 0.3 is 0 Å². The Morgan fingerprint density at radius 1 is 1.00 bits per heavy atom. The van der Waals surface area contributed by atoms with Gasteiger partial charge in [0.05, 0.1) is 4.88 Å². The topological polar surface area (TPSA) is 12.9 Å². The van der Waals surface area contributed by atoms with Crippen LogP contribution in [0.4, 0.5) is 0 Å². The summed E-state index contributed by atoms with van der Waals surface area (Å²) in [4.78, 5) is 2.17. The van der Waals surface area contributed by atoms with Crippen molar-refractivity contribution in [2.75, 3.05) is 0 Å². The van der Waals surface area contributed by atoms with Crippen molar-refractivity contribution in [2.45, 2.75) is 4.90 Å². The van der Waals surface area contributed by atoms with Crippen LogP contribution < -0.4 is 0 Å². The summed E-state index contributed by atoms with van der Waals surface area (Å²) in [5.74, 6) is 0. The van der Waals surface area contributed by atoms with Crippen LogP contribution in [0.15, 0.2) is 53.6 Å². The molecule has 0 aliphatic heterocycles. The number of aromatic nitrogens is 1. The number of fused-ring (bicyclic) bond motifs is 1. The molecule has 0 bridgehead atoms. The molecule has 0 saturated heterocycles. The van der Waals surface area contributed by atoms with E-state index in [-0.39, 0.29) is 0 Å². The molecule has 0 N–H and O–H groups in total. The van der Waals surface area contributed by atoms with Crippen molar-refractivity contribution < 1.29 is 0 Å². The van der Waals surface area contributed by atoms with E-state index >= 15 is 0 Å². The first kappa shape index (κ1) is 9.87. The Balaban J connectivity index is 2.42. The van der Waals surface area contributed by atoms with Gasteiger partial charge in [-0.2, -0.15) is 0 Å². The summed E-state index contributed by atoms with van der Waals surface area (Å²) < 4.78 is 4.15. The minimum Gasteiger partial charge on any atom is -0.201 e. The molecule has 0 aliphatic carbocycles. The highest BCUT2D eigenvalue weighted by Crippen LogP contribution is 2.35. The summed E-state index contributed by atoms with van der Waals surface area (Å²) in [5.41, 5.74) is 1.18. The first-order valence-electron chi connectivity index (χ1n) is 4.98. The van der Waals surface area contributed by atoms with Crippen LogP contribution in [0.2, 0.25) is 0 Å². The van der Waals surface area contributed by atoms with Crippen molar-refractivity contribution in [1.29, 1.82) is 0 Å². The second kappa shape index (κ2) is 3.92. The summed E-state index contributed by atoms with van der Waals surface area (Å²) in [7, 11) is 0. The zero-order chi connectivity index (χ0) is 11.0. The highest BCUT2D eigenvalue weighted by molar-refractivity contribution is 7.80. The molecule has 0 radical (unpaired) electrons. The van der Waals surface area contributed by atoms with Crippen LogP contribution in [-0.2, 0) is 0 Å². The lowest BCUT2D eigenvalue weighted by Gasteiger charge is -2.07. The Labute approximate surface area is 103 Å². The molecule has 1 aromatic heterocycles. The van der Waals surface area contributed by atoms with Crippen LogP contribution in [0, 0.1) is 0 Å². The normalized spacial score (nSPS) is 10.8. The van der Waals surface area contributed by atoms with Gasteiger partial charge in [0.1, 0.15) is 0 Å². The fourth-order valence-electron chi connectivity index (χ4n) is 1.86. The minimum absolute atomic E-state index is 1.00. The number of hydrogen-bond donors (Lipinski definition) is 1. The maximum Gasteiger partial charge on any atom is 0.0567 e. The molecule has 0 aliphatic rings. The first-order chi connectivity index (χ1) is 7.86. The predicted octanol–water partition coefficient (Wildman–Crippen LogP) is 4.25. The van der Waals surface area contributed by atoms with Gasteiger partial charge in [0, 0.05) is 16.7 Å². The third-order valence-electron chi connectivity index (χ3n) is 2.59. The van der Waals surface area contributed by atoms with Gasteiger partial charge in [-0.05, 0) is 34.4 Å². The molecule has 2 aromatic carbocycles. The Morgan fingerprint density at radius 3 is 2.69 bits per heavy atom. The van der Waals surface area contributed by atoms with E-state index in [0.29, 0.717) is 0 Å². The number of hydrogen-bond acceptors (Lipinski definition) is 3. The van der Waals surface area contributed by atoms with E-state index < -0.39 is 0 Å². The maximum atomic E-state index is 4.54. The van der Waals surface area contributed by atoms with Gasteiger partial charge in [0.25, 0.3) is 0 Å². The SMILES string of the molecule is Sc1ccc2ccccc2c1-c1ccns1. The molecule has 16 heavy (non-hydrogen) atoms. The summed E-state index contributed by atoms with van der Waals surface area (Å²) >= 11 is 6.05. The van der Waals surface area contributed by atoms with Gasteiger partial charge in [-0.25, -0.2) is 4.37 Å². The molecule has 0 unspecified atom stereocenters. The van der Waals surface area contributed by atoms with E-state index in [4.69, 9.17) is 0 Å². The quantitative estimate of drug-likeness (QED) is 0.630. The van der Waals surface area contributed by atoms with Gasteiger partial charge in [0.2, 0.25) is 0 Å². The second-order valence-electron chi connectivity index (χ2n) is 3.56. The van der Waals surface area contributed by atoms with Crippen LogP contribution in [0.25, 0.3) is 21.2 Å². The van der Waals surface area contributed by atoms with Gasteiger partial charge in [0.15, 0.2) is 0 Å². The van der Waals surface area contributed by atoms with E-state index in [2.05, 4.69) is 47.3 Å². The number of thiol groups is 1. The maximum absolute atomic E-state index is 4.54. The molecule has 1 nitrogen and oxygen atoms in total. The first-order valence-corrected chi connectivity index (χ1v) is 6.20. The van der Waals surface area contributed by atoms with Crippen molar-refractivity contribution in [1.82, 2.24) is 4.37 Å². The highest BCUT2D eigenvalue weighted by Gasteiger charge is 2.08. The molecule has 78 valence electrons. The molecule has 0 fully saturated rings. The monoisotopic (exact) mass is 243 g/mol. The van der Waals surface area contributed by atoms with Gasteiger partial charge in [-0.1, -0.05) is 30.3 Å². The number of nitrogens with zero attached hydrogens (tertiary/aromatic N) is 1. The minimum atomic E-state index is 1.00. The van der Waals surface area contributed by atoms with E-state index in [1.165, 1.54) is 32.7 Å². The summed E-state index contributed by atoms with van der Waals surface area (Å²) in [5, 5.41) is 2.47. The molecule has 0 saturated carbocycles. The molecule has 3 heteroatoms. The van der Waals surface area contributed by atoms with Crippen LogP contribution >= 0.6 is 24.2 Å². The van der Waals surface area contributed by atoms with Gasteiger partial charge < -0.3 is 0 Å². The van der Waals surface area contributed by atoms with Crippen molar-refractivity contribution in [3.63, 3.8) is 0 Å². The molecule has 3 rings (SSSR count). The van der Waals surface area contributed by atoms with Gasteiger partial charge in [-0.15, -0.1) is 12.6 Å². The van der Waals surface area contributed by atoms with Crippen LogP contribution in [0.5, 0.6) is 0 Å². The second-order valence-corrected chi connectivity index (χ2v) is 4.87.